The average Bonchev–Trinajstić information content (AvgIpc) is 2.79. The van der Waals surface area contributed by atoms with E-state index < -0.39 is 9.84 Å². The molecule has 1 atom stereocenters. The van der Waals surface area contributed by atoms with E-state index in [2.05, 4.69) is 34.6 Å². The molecule has 1 aromatic rings. The third-order valence-electron chi connectivity index (χ3n) is 3.69. The van der Waals surface area contributed by atoms with E-state index in [-0.39, 0.29) is 5.75 Å². The highest BCUT2D eigenvalue weighted by Gasteiger charge is 2.19. The summed E-state index contributed by atoms with van der Waals surface area (Å²) in [6.45, 7) is 1.66. The quantitative estimate of drug-likeness (QED) is 0.838. The molecule has 1 aliphatic rings. The van der Waals surface area contributed by atoms with E-state index in [4.69, 9.17) is 0 Å². The number of nitrogens with zero attached hydrogens (tertiary/aromatic N) is 1. The van der Waals surface area contributed by atoms with Gasteiger partial charge < -0.3 is 0 Å². The monoisotopic (exact) mass is 313 g/mol. The van der Waals surface area contributed by atoms with Gasteiger partial charge in [0, 0.05) is 23.7 Å². The molecule has 2 rings (SSSR count). The van der Waals surface area contributed by atoms with Crippen molar-refractivity contribution in [2.75, 3.05) is 25.1 Å². The molecule has 0 spiro atoms. The minimum Gasteiger partial charge on any atom is -0.296 e. The predicted octanol–water partition coefficient (Wildman–Crippen LogP) is 3.05. The van der Waals surface area contributed by atoms with Crippen LogP contribution in [0.3, 0.4) is 0 Å². The van der Waals surface area contributed by atoms with Crippen LogP contribution in [0, 0.1) is 0 Å². The summed E-state index contributed by atoms with van der Waals surface area (Å²) in [6, 6.07) is 4.54. The van der Waals surface area contributed by atoms with Crippen molar-refractivity contribution in [2.24, 2.45) is 0 Å². The number of hydrogen-bond acceptors (Lipinski definition) is 4. The van der Waals surface area contributed by atoms with Gasteiger partial charge >= 0.3 is 0 Å². The van der Waals surface area contributed by atoms with Gasteiger partial charge in [0.25, 0.3) is 0 Å². The van der Waals surface area contributed by atoms with E-state index in [0.29, 0.717) is 12.6 Å². The minimum absolute atomic E-state index is 0.260. The van der Waals surface area contributed by atoms with Gasteiger partial charge in [0.1, 0.15) is 9.84 Å². The Morgan fingerprint density at radius 3 is 2.95 bits per heavy atom. The Bertz CT molecular complexity index is 520. The topological polar surface area (TPSA) is 37.4 Å². The van der Waals surface area contributed by atoms with E-state index in [9.17, 15) is 8.42 Å². The maximum atomic E-state index is 11.4. The normalized spacial score (nSPS) is 22.1. The van der Waals surface area contributed by atoms with Gasteiger partial charge in [-0.15, -0.1) is 11.3 Å². The summed E-state index contributed by atoms with van der Waals surface area (Å²) in [5.41, 5.74) is 0. The Balaban J connectivity index is 2.01. The molecular formula is C15H23NO2S2. The van der Waals surface area contributed by atoms with Crippen LogP contribution >= 0.6 is 11.3 Å². The Labute approximate surface area is 126 Å². The maximum absolute atomic E-state index is 11.4. The molecule has 0 radical (unpaired) electrons. The Morgan fingerprint density at radius 1 is 1.40 bits per heavy atom. The van der Waals surface area contributed by atoms with Crippen LogP contribution in [0.4, 0.5) is 0 Å². The molecule has 20 heavy (non-hydrogen) atoms. The van der Waals surface area contributed by atoms with E-state index in [1.54, 1.807) is 11.3 Å². The first-order valence-corrected chi connectivity index (χ1v) is 10.1. The number of rotatable bonds is 5. The Hall–Kier alpha value is -0.650. The van der Waals surface area contributed by atoms with Crippen molar-refractivity contribution < 1.29 is 8.42 Å². The van der Waals surface area contributed by atoms with E-state index in [1.807, 2.05) is 0 Å². The molecule has 0 saturated carbocycles. The fourth-order valence-corrected chi connectivity index (χ4v) is 3.76. The summed E-state index contributed by atoms with van der Waals surface area (Å²) in [7, 11) is -2.88. The second-order valence-corrected chi connectivity index (χ2v) is 8.70. The molecule has 0 bridgehead atoms. The van der Waals surface area contributed by atoms with Gasteiger partial charge in [0.2, 0.25) is 0 Å². The van der Waals surface area contributed by atoms with Crippen LogP contribution in [0.5, 0.6) is 0 Å². The fourth-order valence-electron chi connectivity index (χ4n) is 2.56. The summed E-state index contributed by atoms with van der Waals surface area (Å²) in [6.07, 6.45) is 10.5. The van der Waals surface area contributed by atoms with Crippen LogP contribution in [0.1, 0.15) is 30.6 Å². The van der Waals surface area contributed by atoms with Crippen molar-refractivity contribution in [1.29, 1.82) is 0 Å². The third kappa shape index (κ3) is 5.38. The molecule has 0 amide bonds. The van der Waals surface area contributed by atoms with E-state index >= 15 is 0 Å². The van der Waals surface area contributed by atoms with Crippen LogP contribution in [-0.2, 0) is 9.84 Å². The highest BCUT2D eigenvalue weighted by atomic mass is 32.2. The number of likely N-dealkylation sites (tertiary alicyclic amines) is 1. The van der Waals surface area contributed by atoms with Gasteiger partial charge in [0.05, 0.1) is 5.75 Å². The second kappa shape index (κ2) is 7.38. The van der Waals surface area contributed by atoms with Gasteiger partial charge in [0.15, 0.2) is 0 Å². The van der Waals surface area contributed by atoms with Crippen molar-refractivity contribution in [3.63, 3.8) is 0 Å². The second-order valence-electron chi connectivity index (χ2n) is 5.46. The van der Waals surface area contributed by atoms with Crippen molar-refractivity contribution in [3.05, 3.63) is 28.5 Å². The predicted molar refractivity (Wildman–Crippen MR) is 86.9 cm³/mol. The molecule has 1 aliphatic heterocycles. The summed E-state index contributed by atoms with van der Waals surface area (Å²) in [5, 5.41) is 2.08. The molecule has 1 unspecified atom stereocenters. The number of sulfone groups is 1. The molecule has 2 heterocycles. The highest BCUT2D eigenvalue weighted by Crippen LogP contribution is 2.20. The first-order chi connectivity index (χ1) is 9.54. The average molecular weight is 313 g/mol. The fraction of sp³-hybridized carbons (Fsp3) is 0.600. The number of hydrogen-bond donors (Lipinski definition) is 0. The smallest absolute Gasteiger partial charge is 0.148 e. The zero-order chi connectivity index (χ0) is 14.4. The molecule has 0 aromatic carbocycles. The van der Waals surface area contributed by atoms with Crippen molar-refractivity contribution in [3.8, 4) is 0 Å². The van der Waals surface area contributed by atoms with E-state index in [0.717, 1.165) is 13.0 Å². The molecule has 1 fully saturated rings. The van der Waals surface area contributed by atoms with Gasteiger partial charge in [-0.2, -0.15) is 0 Å². The lowest BCUT2D eigenvalue weighted by Crippen LogP contribution is -2.37. The maximum Gasteiger partial charge on any atom is 0.148 e. The largest absolute Gasteiger partial charge is 0.296 e. The molecule has 112 valence electrons. The standard InChI is InChI=1S/C15H23NO2S2/c1-20(17,18)13-11-16-10-4-2-3-6-14(16)8-9-15-7-5-12-19-15/h5,7-9,12,14H,2-4,6,10-11,13H2,1H3/b9-8+. The lowest BCUT2D eigenvalue weighted by atomic mass is 10.1. The summed E-state index contributed by atoms with van der Waals surface area (Å²) in [5.74, 6) is 0.260. The lowest BCUT2D eigenvalue weighted by molar-refractivity contribution is 0.249. The van der Waals surface area contributed by atoms with Gasteiger partial charge in [-0.25, -0.2) is 8.42 Å². The molecule has 0 N–H and O–H groups in total. The minimum atomic E-state index is -2.88. The summed E-state index contributed by atoms with van der Waals surface area (Å²) < 4.78 is 22.7. The molecule has 3 nitrogen and oxygen atoms in total. The Kier molecular flexibility index (Phi) is 5.81. The zero-order valence-electron chi connectivity index (χ0n) is 12.0. The molecule has 0 aliphatic carbocycles. The van der Waals surface area contributed by atoms with Crippen LogP contribution in [0.15, 0.2) is 23.6 Å². The Morgan fingerprint density at radius 2 is 2.25 bits per heavy atom. The SMILES string of the molecule is CS(=O)(=O)CCN1CCCCCC1/C=C/c1cccs1. The van der Waals surface area contributed by atoms with Crippen LogP contribution in [0.2, 0.25) is 0 Å². The van der Waals surface area contributed by atoms with E-state index in [1.165, 1.54) is 30.4 Å². The van der Waals surface area contributed by atoms with Crippen molar-refractivity contribution >= 4 is 27.3 Å². The lowest BCUT2D eigenvalue weighted by Gasteiger charge is -2.27. The molecule has 1 saturated heterocycles. The first kappa shape index (κ1) is 15.7. The molecule has 1 aromatic heterocycles. The van der Waals surface area contributed by atoms with Crippen LogP contribution in [0.25, 0.3) is 6.08 Å². The summed E-state index contributed by atoms with van der Waals surface area (Å²) >= 11 is 1.73. The van der Waals surface area contributed by atoms with Gasteiger partial charge in [-0.3, -0.25) is 4.90 Å². The summed E-state index contributed by atoms with van der Waals surface area (Å²) in [4.78, 5) is 3.59. The first-order valence-electron chi connectivity index (χ1n) is 7.18. The highest BCUT2D eigenvalue weighted by molar-refractivity contribution is 7.90. The number of thiophene rings is 1. The van der Waals surface area contributed by atoms with Gasteiger partial charge in [-0.05, 0) is 36.9 Å². The van der Waals surface area contributed by atoms with Crippen LogP contribution < -0.4 is 0 Å². The van der Waals surface area contributed by atoms with Crippen LogP contribution in [-0.4, -0.2) is 44.5 Å². The third-order valence-corrected chi connectivity index (χ3v) is 5.45. The molecule has 5 heteroatoms. The van der Waals surface area contributed by atoms with Crippen molar-refractivity contribution in [1.82, 2.24) is 4.90 Å². The van der Waals surface area contributed by atoms with Gasteiger partial charge in [-0.1, -0.05) is 25.0 Å². The zero-order valence-corrected chi connectivity index (χ0v) is 13.6. The van der Waals surface area contributed by atoms with Crippen molar-refractivity contribution in [2.45, 2.75) is 31.7 Å². The molecular weight excluding hydrogens is 290 g/mol.